The van der Waals surface area contributed by atoms with E-state index < -0.39 is 7.26 Å². The van der Waals surface area contributed by atoms with Crippen LogP contribution in [0.5, 0.6) is 0 Å². The van der Waals surface area contributed by atoms with Crippen LogP contribution in [0, 0.1) is 5.92 Å². The zero-order chi connectivity index (χ0) is 21.6. The van der Waals surface area contributed by atoms with Crippen LogP contribution in [0.15, 0.2) is 121 Å². The van der Waals surface area contributed by atoms with Gasteiger partial charge < -0.3 is 0 Å². The molecule has 4 aromatic carbocycles. The van der Waals surface area contributed by atoms with Crippen molar-refractivity contribution in [1.29, 1.82) is 0 Å². The van der Waals surface area contributed by atoms with Crippen LogP contribution >= 0.6 is 7.26 Å². The molecule has 32 heavy (non-hydrogen) atoms. The van der Waals surface area contributed by atoms with Crippen molar-refractivity contribution < 1.29 is 0 Å². The molecule has 1 atom stereocenters. The summed E-state index contributed by atoms with van der Waals surface area (Å²) in [5, 5.41) is 4.60. The SMILES string of the molecule is c1ccc([Se]C(C2CCCC2)[P+](c2ccccc2)(c2ccccc2)c2ccccc2)cc1. The molecular weight excluding hydrogens is 470 g/mol. The van der Waals surface area contributed by atoms with Gasteiger partial charge in [0, 0.05) is 0 Å². The van der Waals surface area contributed by atoms with Crippen LogP contribution in [0.1, 0.15) is 25.7 Å². The summed E-state index contributed by atoms with van der Waals surface area (Å²) in [6.07, 6.45) is 5.50. The van der Waals surface area contributed by atoms with Crippen LogP contribution in [0.3, 0.4) is 0 Å². The second kappa shape index (κ2) is 10.2. The second-order valence-corrected chi connectivity index (χ2v) is 15.5. The Morgan fingerprint density at radius 2 is 0.906 bits per heavy atom. The van der Waals surface area contributed by atoms with Crippen LogP contribution in [0.25, 0.3) is 0 Å². The average Bonchev–Trinajstić information content (AvgIpc) is 3.41. The summed E-state index contributed by atoms with van der Waals surface area (Å²) in [7, 11) is -1.85. The molecule has 0 radical (unpaired) electrons. The number of rotatable bonds is 7. The molecule has 160 valence electrons. The molecule has 5 rings (SSSR count). The molecule has 0 amide bonds. The van der Waals surface area contributed by atoms with Crippen molar-refractivity contribution in [2.24, 2.45) is 5.92 Å². The summed E-state index contributed by atoms with van der Waals surface area (Å²) in [5.74, 6) is 0.782. The van der Waals surface area contributed by atoms with E-state index in [1.165, 1.54) is 46.1 Å². The van der Waals surface area contributed by atoms with E-state index in [1.54, 1.807) is 0 Å². The topological polar surface area (TPSA) is 0 Å². The van der Waals surface area contributed by atoms with Crippen LogP contribution in [-0.2, 0) is 0 Å². The molecule has 1 saturated carbocycles. The van der Waals surface area contributed by atoms with Crippen LogP contribution < -0.4 is 20.4 Å². The molecular formula is C30H30PSe+. The van der Waals surface area contributed by atoms with Crippen molar-refractivity contribution in [1.82, 2.24) is 0 Å². The third-order valence-corrected chi connectivity index (χ3v) is 16.2. The molecule has 0 saturated heterocycles. The van der Waals surface area contributed by atoms with E-state index in [9.17, 15) is 0 Å². The van der Waals surface area contributed by atoms with Gasteiger partial charge in [0.15, 0.2) is 0 Å². The monoisotopic (exact) mass is 501 g/mol. The molecule has 1 aliphatic rings. The van der Waals surface area contributed by atoms with E-state index in [2.05, 4.69) is 121 Å². The number of hydrogen-bond acceptors (Lipinski definition) is 0. The first kappa shape index (κ1) is 21.7. The number of hydrogen-bond donors (Lipinski definition) is 0. The van der Waals surface area contributed by atoms with Gasteiger partial charge in [-0.25, -0.2) is 0 Å². The minimum absolute atomic E-state index is 0.394. The molecule has 1 aliphatic carbocycles. The van der Waals surface area contributed by atoms with E-state index in [0.29, 0.717) is 19.5 Å². The van der Waals surface area contributed by atoms with Crippen molar-refractivity contribution in [3.8, 4) is 0 Å². The molecule has 1 fully saturated rings. The summed E-state index contributed by atoms with van der Waals surface area (Å²) in [6.45, 7) is 0. The summed E-state index contributed by atoms with van der Waals surface area (Å²) >= 11 is 0.394. The first-order valence-corrected chi connectivity index (χ1v) is 15.4. The fraction of sp³-hybridized carbons (Fsp3) is 0.200. The van der Waals surface area contributed by atoms with Crippen LogP contribution in [-0.4, -0.2) is 19.5 Å². The van der Waals surface area contributed by atoms with E-state index in [-0.39, 0.29) is 0 Å². The summed E-state index contributed by atoms with van der Waals surface area (Å²) in [6, 6.07) is 45.8. The molecule has 0 spiro atoms. The molecule has 0 N–H and O–H groups in total. The molecule has 0 aromatic heterocycles. The first-order chi connectivity index (χ1) is 15.9. The predicted molar refractivity (Wildman–Crippen MR) is 143 cm³/mol. The maximum atomic E-state index is 2.41. The van der Waals surface area contributed by atoms with Crippen molar-refractivity contribution in [3.05, 3.63) is 121 Å². The second-order valence-electron chi connectivity index (χ2n) is 8.60. The minimum atomic E-state index is -1.85. The molecule has 0 bridgehead atoms. The molecule has 0 nitrogen and oxygen atoms in total. The third kappa shape index (κ3) is 4.23. The fourth-order valence-electron chi connectivity index (χ4n) is 5.25. The summed E-state index contributed by atoms with van der Waals surface area (Å²) in [4.78, 5) is 0. The van der Waals surface area contributed by atoms with Crippen LogP contribution in [0.4, 0.5) is 0 Å². The van der Waals surface area contributed by atoms with Crippen molar-refractivity contribution in [2.75, 3.05) is 0 Å². The third-order valence-electron chi connectivity index (χ3n) is 6.68. The predicted octanol–water partition coefficient (Wildman–Crippen LogP) is 5.53. The van der Waals surface area contributed by atoms with Gasteiger partial charge in [0.2, 0.25) is 0 Å². The Bertz CT molecular complexity index is 994. The summed E-state index contributed by atoms with van der Waals surface area (Å²) in [5.41, 5.74) is 0. The van der Waals surface area contributed by atoms with Gasteiger partial charge in [-0.05, 0) is 0 Å². The quantitative estimate of drug-likeness (QED) is 0.231. The summed E-state index contributed by atoms with van der Waals surface area (Å²) < 4.78 is 2.19. The number of benzene rings is 4. The van der Waals surface area contributed by atoms with E-state index in [0.717, 1.165) is 5.92 Å². The van der Waals surface area contributed by atoms with Crippen molar-refractivity contribution in [3.63, 3.8) is 0 Å². The van der Waals surface area contributed by atoms with Gasteiger partial charge in [-0.3, -0.25) is 0 Å². The molecule has 1 unspecified atom stereocenters. The van der Waals surface area contributed by atoms with Gasteiger partial charge in [0.1, 0.15) is 0 Å². The Morgan fingerprint density at radius 1 is 0.531 bits per heavy atom. The Morgan fingerprint density at radius 3 is 1.31 bits per heavy atom. The standard InChI is InChI=1S/C30H30PSe/c1-5-17-26(18-6-1)31(27-19-7-2-8-20-27,28-21-9-3-10-22-28)30(25-15-13-14-16-25)32-29-23-11-4-12-24-29/h1-12,17-25,30H,13-16H2/q+1. The molecule has 0 heterocycles. The van der Waals surface area contributed by atoms with Gasteiger partial charge in [0.05, 0.1) is 0 Å². The Balaban J connectivity index is 1.80. The van der Waals surface area contributed by atoms with E-state index in [1.807, 2.05) is 0 Å². The Kier molecular flexibility index (Phi) is 6.89. The van der Waals surface area contributed by atoms with E-state index >= 15 is 0 Å². The normalized spacial score (nSPS) is 15.5. The Hall–Kier alpha value is -2.17. The van der Waals surface area contributed by atoms with Gasteiger partial charge in [-0.15, -0.1) is 0 Å². The zero-order valence-electron chi connectivity index (χ0n) is 18.4. The molecule has 0 aliphatic heterocycles. The molecule has 2 heteroatoms. The Labute approximate surface area is 199 Å². The van der Waals surface area contributed by atoms with Crippen molar-refractivity contribution in [2.45, 2.75) is 30.2 Å². The van der Waals surface area contributed by atoms with Gasteiger partial charge >= 0.3 is 200 Å². The van der Waals surface area contributed by atoms with Gasteiger partial charge in [0.25, 0.3) is 0 Å². The van der Waals surface area contributed by atoms with E-state index in [4.69, 9.17) is 0 Å². The van der Waals surface area contributed by atoms with Gasteiger partial charge in [-0.1, -0.05) is 0 Å². The first-order valence-electron chi connectivity index (χ1n) is 11.7. The van der Waals surface area contributed by atoms with Crippen LogP contribution in [0.2, 0.25) is 0 Å². The van der Waals surface area contributed by atoms with Gasteiger partial charge in [-0.2, -0.15) is 0 Å². The molecule has 4 aromatic rings. The fourth-order valence-corrected chi connectivity index (χ4v) is 16.2. The maximum absolute atomic E-state index is 2.41. The van der Waals surface area contributed by atoms with Crippen molar-refractivity contribution >= 4 is 42.6 Å². The zero-order valence-corrected chi connectivity index (χ0v) is 21.0. The average molecular weight is 501 g/mol.